The zero-order valence-corrected chi connectivity index (χ0v) is 14.8. The summed E-state index contributed by atoms with van der Waals surface area (Å²) in [5.41, 5.74) is 10.7. The lowest BCUT2D eigenvalue weighted by atomic mass is 10.0. The van der Waals surface area contributed by atoms with E-state index in [1.165, 1.54) is 5.56 Å². The molecule has 6 heteroatoms. The molecule has 0 spiro atoms. The Morgan fingerprint density at radius 2 is 1.88 bits per heavy atom. The van der Waals surface area contributed by atoms with E-state index in [9.17, 15) is 9.59 Å². The van der Waals surface area contributed by atoms with Gasteiger partial charge in [0.2, 0.25) is 5.91 Å². The van der Waals surface area contributed by atoms with E-state index in [1.54, 1.807) is 0 Å². The first kappa shape index (κ1) is 17.4. The second-order valence-electron chi connectivity index (χ2n) is 6.70. The summed E-state index contributed by atoms with van der Waals surface area (Å²) in [5, 5.41) is 2.86. The number of hydrogen-bond donors (Lipinski definition) is 4. The van der Waals surface area contributed by atoms with Crippen LogP contribution in [-0.4, -0.2) is 16.9 Å². The van der Waals surface area contributed by atoms with Crippen molar-refractivity contribution in [2.24, 2.45) is 0 Å². The summed E-state index contributed by atoms with van der Waals surface area (Å²) in [7, 11) is 0. The summed E-state index contributed by atoms with van der Waals surface area (Å²) in [4.78, 5) is 27.2. The Morgan fingerprint density at radius 1 is 1.16 bits per heavy atom. The summed E-state index contributed by atoms with van der Waals surface area (Å²) in [5.74, 6) is -0.110. The lowest BCUT2D eigenvalue weighted by molar-refractivity contribution is -0.123. The average molecular weight is 340 g/mol. The highest BCUT2D eigenvalue weighted by Crippen LogP contribution is 2.22. The van der Waals surface area contributed by atoms with E-state index in [1.807, 2.05) is 19.9 Å². The van der Waals surface area contributed by atoms with E-state index < -0.39 is 0 Å². The molecule has 1 aromatic carbocycles. The van der Waals surface area contributed by atoms with Gasteiger partial charge in [-0.3, -0.25) is 9.59 Å². The van der Waals surface area contributed by atoms with Crippen LogP contribution in [0.2, 0.25) is 0 Å². The molecular formula is C19H24N4O2. The SMILES string of the molecule is Cc1ccc(C2CC(C(=O)NCc3c(C)cc(C)[nH]c3=O)NN2)cc1. The Balaban J connectivity index is 1.60. The quantitative estimate of drug-likeness (QED) is 0.680. The first-order valence-corrected chi connectivity index (χ1v) is 8.49. The smallest absolute Gasteiger partial charge is 0.253 e. The van der Waals surface area contributed by atoms with E-state index in [0.29, 0.717) is 12.0 Å². The molecule has 0 saturated carbocycles. The monoisotopic (exact) mass is 340 g/mol. The minimum atomic E-state index is -0.323. The van der Waals surface area contributed by atoms with Gasteiger partial charge in [0.25, 0.3) is 5.56 Å². The fourth-order valence-corrected chi connectivity index (χ4v) is 3.15. The van der Waals surface area contributed by atoms with Crippen LogP contribution in [0.3, 0.4) is 0 Å². The van der Waals surface area contributed by atoms with Crippen molar-refractivity contribution in [1.29, 1.82) is 0 Å². The van der Waals surface area contributed by atoms with Crippen molar-refractivity contribution < 1.29 is 4.79 Å². The fourth-order valence-electron chi connectivity index (χ4n) is 3.15. The Kier molecular flexibility index (Phi) is 5.01. The number of carbonyl (C=O) groups excluding carboxylic acids is 1. The molecule has 0 bridgehead atoms. The van der Waals surface area contributed by atoms with Crippen molar-refractivity contribution in [3.8, 4) is 0 Å². The van der Waals surface area contributed by atoms with Gasteiger partial charge in [-0.25, -0.2) is 10.9 Å². The molecule has 1 amide bonds. The Morgan fingerprint density at radius 3 is 2.56 bits per heavy atom. The molecule has 2 unspecified atom stereocenters. The van der Waals surface area contributed by atoms with Crippen molar-refractivity contribution >= 4 is 5.91 Å². The van der Waals surface area contributed by atoms with Crippen molar-refractivity contribution in [3.05, 3.63) is 68.6 Å². The topological polar surface area (TPSA) is 86.0 Å². The van der Waals surface area contributed by atoms with Gasteiger partial charge in [0, 0.05) is 23.8 Å². The number of pyridine rings is 1. The zero-order valence-electron chi connectivity index (χ0n) is 14.8. The van der Waals surface area contributed by atoms with Gasteiger partial charge in [-0.15, -0.1) is 0 Å². The first-order chi connectivity index (χ1) is 11.9. The van der Waals surface area contributed by atoms with Crippen molar-refractivity contribution in [2.75, 3.05) is 0 Å². The summed E-state index contributed by atoms with van der Waals surface area (Å²) >= 11 is 0. The predicted molar refractivity (Wildman–Crippen MR) is 97.0 cm³/mol. The van der Waals surface area contributed by atoms with E-state index in [2.05, 4.69) is 52.3 Å². The van der Waals surface area contributed by atoms with E-state index >= 15 is 0 Å². The lowest BCUT2D eigenvalue weighted by Gasteiger charge is -2.12. The zero-order chi connectivity index (χ0) is 18.0. The van der Waals surface area contributed by atoms with Gasteiger partial charge in [-0.2, -0.15) is 0 Å². The van der Waals surface area contributed by atoms with Crippen LogP contribution in [0.5, 0.6) is 0 Å². The van der Waals surface area contributed by atoms with Crippen molar-refractivity contribution in [2.45, 2.75) is 45.8 Å². The predicted octanol–water partition coefficient (Wildman–Crippen LogP) is 1.52. The van der Waals surface area contributed by atoms with E-state index in [-0.39, 0.29) is 30.1 Å². The molecule has 1 saturated heterocycles. The van der Waals surface area contributed by atoms with Crippen LogP contribution in [0.1, 0.15) is 40.4 Å². The summed E-state index contributed by atoms with van der Waals surface area (Å²) < 4.78 is 0. The molecule has 6 nitrogen and oxygen atoms in total. The number of rotatable bonds is 4. The molecule has 3 rings (SSSR count). The maximum Gasteiger partial charge on any atom is 0.253 e. The number of aromatic nitrogens is 1. The van der Waals surface area contributed by atoms with Crippen molar-refractivity contribution in [1.82, 2.24) is 21.2 Å². The number of hydrogen-bond acceptors (Lipinski definition) is 4. The first-order valence-electron chi connectivity index (χ1n) is 8.49. The van der Waals surface area contributed by atoms with Crippen LogP contribution in [0.15, 0.2) is 35.1 Å². The number of H-pyrrole nitrogens is 1. The average Bonchev–Trinajstić information content (AvgIpc) is 3.04. The maximum absolute atomic E-state index is 12.4. The molecule has 1 fully saturated rings. The minimum absolute atomic E-state index is 0.0980. The number of amides is 1. The Labute approximate surface area is 147 Å². The molecule has 1 aliphatic heterocycles. The molecule has 2 heterocycles. The van der Waals surface area contributed by atoms with Crippen LogP contribution in [0.4, 0.5) is 0 Å². The van der Waals surface area contributed by atoms with Crippen molar-refractivity contribution in [3.63, 3.8) is 0 Å². The molecule has 1 aromatic heterocycles. The summed E-state index contributed by atoms with van der Waals surface area (Å²) in [6.45, 7) is 6.01. The third-order valence-corrected chi connectivity index (χ3v) is 4.63. The molecule has 25 heavy (non-hydrogen) atoms. The van der Waals surface area contributed by atoms with Gasteiger partial charge in [-0.1, -0.05) is 29.8 Å². The highest BCUT2D eigenvalue weighted by Gasteiger charge is 2.30. The summed E-state index contributed by atoms with van der Waals surface area (Å²) in [6.07, 6.45) is 0.665. The molecule has 0 radical (unpaired) electrons. The molecule has 4 N–H and O–H groups in total. The Hall–Kier alpha value is -2.44. The number of nitrogens with one attached hydrogen (secondary N) is 4. The van der Waals surface area contributed by atoms with E-state index in [4.69, 9.17) is 0 Å². The standard InChI is InChI=1S/C19H24N4O2/c1-11-4-6-14(7-5-11)16-9-17(23-22-16)19(25)20-10-15-12(2)8-13(3)21-18(15)24/h4-8,16-17,22-23H,9-10H2,1-3H3,(H,20,25)(H,21,24). The summed E-state index contributed by atoms with van der Waals surface area (Å²) in [6, 6.07) is 9.96. The second-order valence-corrected chi connectivity index (χ2v) is 6.70. The molecule has 2 aromatic rings. The van der Waals surface area contributed by atoms with Gasteiger partial charge in [0.1, 0.15) is 6.04 Å². The van der Waals surface area contributed by atoms with E-state index in [0.717, 1.165) is 16.8 Å². The molecular weight excluding hydrogens is 316 g/mol. The highest BCUT2D eigenvalue weighted by molar-refractivity contribution is 5.82. The molecule has 0 aliphatic carbocycles. The number of carbonyl (C=O) groups is 1. The number of aryl methyl sites for hydroxylation is 3. The third kappa shape index (κ3) is 3.97. The molecule has 132 valence electrons. The number of aromatic amines is 1. The largest absolute Gasteiger partial charge is 0.350 e. The van der Waals surface area contributed by atoms with Crippen LogP contribution in [-0.2, 0) is 11.3 Å². The van der Waals surface area contributed by atoms with Crippen LogP contribution in [0, 0.1) is 20.8 Å². The number of benzene rings is 1. The minimum Gasteiger partial charge on any atom is -0.350 e. The third-order valence-electron chi connectivity index (χ3n) is 4.63. The molecule has 1 aliphatic rings. The second kappa shape index (κ2) is 7.21. The van der Waals surface area contributed by atoms with Gasteiger partial charge in [0.05, 0.1) is 0 Å². The number of hydrazine groups is 1. The van der Waals surface area contributed by atoms with Gasteiger partial charge in [-0.05, 0) is 44.4 Å². The van der Waals surface area contributed by atoms with Crippen LogP contribution >= 0.6 is 0 Å². The highest BCUT2D eigenvalue weighted by atomic mass is 16.2. The van der Waals surface area contributed by atoms with Crippen LogP contribution in [0.25, 0.3) is 0 Å². The Bertz CT molecular complexity index is 826. The fraction of sp³-hybridized carbons (Fsp3) is 0.368. The maximum atomic E-state index is 12.4. The van der Waals surface area contributed by atoms with Gasteiger partial charge >= 0.3 is 0 Å². The van der Waals surface area contributed by atoms with Gasteiger partial charge in [0.15, 0.2) is 0 Å². The molecule has 2 atom stereocenters. The normalized spacial score (nSPS) is 19.8. The van der Waals surface area contributed by atoms with Crippen LogP contribution < -0.4 is 21.7 Å². The van der Waals surface area contributed by atoms with Gasteiger partial charge < -0.3 is 10.3 Å². The lowest BCUT2D eigenvalue weighted by Crippen LogP contribution is -2.43.